The summed E-state index contributed by atoms with van der Waals surface area (Å²) in [6.45, 7) is 2.12. The molecule has 1 atom stereocenters. The van der Waals surface area contributed by atoms with E-state index in [1.165, 1.54) is 0 Å². The van der Waals surface area contributed by atoms with Crippen molar-refractivity contribution in [2.45, 2.75) is 25.8 Å². The number of aromatic nitrogens is 3. The molecule has 0 radical (unpaired) electrons. The van der Waals surface area contributed by atoms with E-state index in [2.05, 4.69) is 45.3 Å². The van der Waals surface area contributed by atoms with Gasteiger partial charge in [0.25, 0.3) is 0 Å². The topological polar surface area (TPSA) is 56.7 Å². The average molecular weight is 345 g/mol. The van der Waals surface area contributed by atoms with Crippen LogP contribution in [0.4, 0.5) is 0 Å². The Morgan fingerprint density at radius 1 is 1.19 bits per heavy atom. The molecule has 5 heteroatoms. The maximum Gasteiger partial charge on any atom is 0.0998 e. The van der Waals surface area contributed by atoms with Crippen molar-refractivity contribution >= 4 is 26.7 Å². The Morgan fingerprint density at radius 3 is 2.71 bits per heavy atom. The van der Waals surface area contributed by atoms with Crippen LogP contribution in [0.3, 0.4) is 0 Å². The van der Waals surface area contributed by atoms with E-state index < -0.39 is 0 Å². The standard InChI is InChI=1S/C16H17BrN4/c1-2-5-14(18)15-10-21(20-19-15)16-9-8-13(17)11-6-3-4-7-12(11)16/h3-4,6-10,14H,2,5,18H2,1H3. The molecule has 0 saturated carbocycles. The van der Waals surface area contributed by atoms with Crippen LogP contribution in [-0.2, 0) is 0 Å². The zero-order chi connectivity index (χ0) is 14.8. The zero-order valence-electron chi connectivity index (χ0n) is 11.8. The highest BCUT2D eigenvalue weighted by atomic mass is 79.9. The first kappa shape index (κ1) is 14.2. The summed E-state index contributed by atoms with van der Waals surface area (Å²) in [7, 11) is 0. The average Bonchev–Trinajstić information content (AvgIpc) is 2.98. The predicted molar refractivity (Wildman–Crippen MR) is 88.4 cm³/mol. The largest absolute Gasteiger partial charge is 0.323 e. The Bertz CT molecular complexity index is 766. The Labute approximate surface area is 132 Å². The van der Waals surface area contributed by atoms with Crippen molar-refractivity contribution in [2.24, 2.45) is 5.73 Å². The van der Waals surface area contributed by atoms with Crippen molar-refractivity contribution in [3.8, 4) is 5.69 Å². The lowest BCUT2D eigenvalue weighted by molar-refractivity contribution is 0.619. The highest BCUT2D eigenvalue weighted by molar-refractivity contribution is 9.10. The molecule has 0 amide bonds. The second-order valence-corrected chi connectivity index (χ2v) is 5.95. The fourth-order valence-electron chi connectivity index (χ4n) is 2.47. The lowest BCUT2D eigenvalue weighted by Gasteiger charge is -2.08. The minimum Gasteiger partial charge on any atom is -0.323 e. The van der Waals surface area contributed by atoms with Gasteiger partial charge in [0.15, 0.2) is 0 Å². The monoisotopic (exact) mass is 344 g/mol. The maximum absolute atomic E-state index is 6.11. The molecular weight excluding hydrogens is 328 g/mol. The molecule has 1 unspecified atom stereocenters. The highest BCUT2D eigenvalue weighted by Crippen LogP contribution is 2.29. The van der Waals surface area contributed by atoms with Gasteiger partial charge in [-0.3, -0.25) is 0 Å². The first-order chi connectivity index (χ1) is 10.2. The molecule has 0 aliphatic carbocycles. The van der Waals surface area contributed by atoms with Crippen LogP contribution in [0.1, 0.15) is 31.5 Å². The third-order valence-electron chi connectivity index (χ3n) is 3.59. The van der Waals surface area contributed by atoms with E-state index in [0.29, 0.717) is 0 Å². The Balaban J connectivity index is 2.07. The smallest absolute Gasteiger partial charge is 0.0998 e. The second kappa shape index (κ2) is 5.95. The summed E-state index contributed by atoms with van der Waals surface area (Å²) in [5.74, 6) is 0. The molecule has 3 aromatic rings. The Hall–Kier alpha value is -1.72. The molecular formula is C16H17BrN4. The maximum atomic E-state index is 6.11. The number of halogens is 1. The molecule has 4 nitrogen and oxygen atoms in total. The molecule has 0 aliphatic heterocycles. The molecule has 0 aliphatic rings. The van der Waals surface area contributed by atoms with Gasteiger partial charge in [0.05, 0.1) is 23.6 Å². The lowest BCUT2D eigenvalue weighted by atomic mass is 10.1. The summed E-state index contributed by atoms with van der Waals surface area (Å²) < 4.78 is 2.88. The lowest BCUT2D eigenvalue weighted by Crippen LogP contribution is -2.10. The van der Waals surface area contributed by atoms with Gasteiger partial charge in [-0.05, 0) is 23.9 Å². The number of benzene rings is 2. The summed E-state index contributed by atoms with van der Waals surface area (Å²) in [6.07, 6.45) is 3.88. The molecule has 2 N–H and O–H groups in total. The molecule has 0 saturated heterocycles. The van der Waals surface area contributed by atoms with Gasteiger partial charge in [-0.25, -0.2) is 4.68 Å². The van der Waals surface area contributed by atoms with Crippen LogP contribution in [0.25, 0.3) is 16.5 Å². The number of fused-ring (bicyclic) bond motifs is 1. The van der Waals surface area contributed by atoms with Crippen LogP contribution >= 0.6 is 15.9 Å². The minimum atomic E-state index is -0.0505. The van der Waals surface area contributed by atoms with E-state index in [-0.39, 0.29) is 6.04 Å². The quantitative estimate of drug-likeness (QED) is 0.778. The molecule has 0 spiro atoms. The van der Waals surface area contributed by atoms with E-state index in [1.54, 1.807) is 4.68 Å². The van der Waals surface area contributed by atoms with Crippen molar-refractivity contribution in [1.29, 1.82) is 0 Å². The molecule has 2 aromatic carbocycles. The SMILES string of the molecule is CCCC(N)c1cn(-c2ccc(Br)c3ccccc23)nn1. The van der Waals surface area contributed by atoms with Gasteiger partial charge in [-0.2, -0.15) is 0 Å². The van der Waals surface area contributed by atoms with Crippen LogP contribution < -0.4 is 5.73 Å². The van der Waals surface area contributed by atoms with E-state index >= 15 is 0 Å². The van der Waals surface area contributed by atoms with Crippen LogP contribution in [0.2, 0.25) is 0 Å². The van der Waals surface area contributed by atoms with E-state index in [4.69, 9.17) is 5.73 Å². The number of hydrogen-bond acceptors (Lipinski definition) is 3. The van der Waals surface area contributed by atoms with Crippen LogP contribution in [0.5, 0.6) is 0 Å². The second-order valence-electron chi connectivity index (χ2n) is 5.10. The summed E-state index contributed by atoms with van der Waals surface area (Å²) >= 11 is 3.59. The number of nitrogens with zero attached hydrogens (tertiary/aromatic N) is 3. The molecule has 0 fully saturated rings. The number of nitrogens with two attached hydrogens (primary N) is 1. The first-order valence-corrected chi connectivity index (χ1v) is 7.85. The molecule has 108 valence electrons. The van der Waals surface area contributed by atoms with Crippen molar-refractivity contribution in [3.63, 3.8) is 0 Å². The summed E-state index contributed by atoms with van der Waals surface area (Å²) in [6, 6.07) is 12.2. The summed E-state index contributed by atoms with van der Waals surface area (Å²) in [4.78, 5) is 0. The van der Waals surface area contributed by atoms with Crippen LogP contribution in [0, 0.1) is 0 Å². The predicted octanol–water partition coefficient (Wildman–Crippen LogP) is 3.98. The van der Waals surface area contributed by atoms with Crippen molar-refractivity contribution in [1.82, 2.24) is 15.0 Å². The molecule has 3 rings (SSSR count). The molecule has 21 heavy (non-hydrogen) atoms. The Morgan fingerprint density at radius 2 is 1.95 bits per heavy atom. The van der Waals surface area contributed by atoms with E-state index in [9.17, 15) is 0 Å². The number of rotatable bonds is 4. The van der Waals surface area contributed by atoms with Gasteiger partial charge >= 0.3 is 0 Å². The van der Waals surface area contributed by atoms with Gasteiger partial charge in [-0.15, -0.1) is 5.10 Å². The molecule has 0 bridgehead atoms. The van der Waals surface area contributed by atoms with Crippen LogP contribution in [0.15, 0.2) is 47.1 Å². The normalized spacial score (nSPS) is 12.7. The van der Waals surface area contributed by atoms with E-state index in [1.807, 2.05) is 30.5 Å². The minimum absolute atomic E-state index is 0.0505. The van der Waals surface area contributed by atoms with Crippen molar-refractivity contribution < 1.29 is 0 Å². The van der Waals surface area contributed by atoms with Gasteiger partial charge in [0.1, 0.15) is 0 Å². The van der Waals surface area contributed by atoms with Crippen molar-refractivity contribution in [3.05, 3.63) is 52.8 Å². The van der Waals surface area contributed by atoms with Crippen LogP contribution in [-0.4, -0.2) is 15.0 Å². The highest BCUT2D eigenvalue weighted by Gasteiger charge is 2.12. The fourth-order valence-corrected chi connectivity index (χ4v) is 2.95. The summed E-state index contributed by atoms with van der Waals surface area (Å²) in [5, 5.41) is 10.7. The number of hydrogen-bond donors (Lipinski definition) is 1. The zero-order valence-corrected chi connectivity index (χ0v) is 13.4. The Kier molecular flexibility index (Phi) is 4.03. The third-order valence-corrected chi connectivity index (χ3v) is 4.28. The van der Waals surface area contributed by atoms with Gasteiger partial charge in [0, 0.05) is 9.86 Å². The first-order valence-electron chi connectivity index (χ1n) is 7.06. The van der Waals surface area contributed by atoms with Gasteiger partial charge < -0.3 is 5.73 Å². The molecule has 1 heterocycles. The molecule has 1 aromatic heterocycles. The fraction of sp³-hybridized carbons (Fsp3) is 0.250. The van der Waals surface area contributed by atoms with Gasteiger partial charge in [0.2, 0.25) is 0 Å². The van der Waals surface area contributed by atoms with Gasteiger partial charge in [-0.1, -0.05) is 58.8 Å². The van der Waals surface area contributed by atoms with E-state index in [0.717, 1.165) is 39.5 Å². The van der Waals surface area contributed by atoms with Crippen molar-refractivity contribution in [2.75, 3.05) is 0 Å². The summed E-state index contributed by atoms with van der Waals surface area (Å²) in [5.41, 5.74) is 7.96. The third kappa shape index (κ3) is 2.71.